The van der Waals surface area contributed by atoms with Crippen LogP contribution in [0.3, 0.4) is 0 Å². The summed E-state index contributed by atoms with van der Waals surface area (Å²) >= 11 is 0. The first-order chi connectivity index (χ1) is 16.4. The minimum Gasteiger partial charge on any atom is -0.354 e. The number of hydrazine groups is 1. The molecule has 2 atom stereocenters. The van der Waals surface area contributed by atoms with Gasteiger partial charge in [0, 0.05) is 31.3 Å². The lowest BCUT2D eigenvalue weighted by Gasteiger charge is -2.42. The van der Waals surface area contributed by atoms with E-state index in [1.54, 1.807) is 19.3 Å². The fourth-order valence-corrected chi connectivity index (χ4v) is 4.72. The lowest BCUT2D eigenvalue weighted by molar-refractivity contribution is 0.0958. The number of nitrogens with zero attached hydrogens (tertiary/aromatic N) is 4. The monoisotopic (exact) mass is 450 g/mol. The Kier molecular flexibility index (Phi) is 5.18. The number of nitriles is 1. The first kappa shape index (κ1) is 21.8. The number of hydrogen-bond donors (Lipinski definition) is 2. The molecule has 1 spiro atoms. The Hall–Kier alpha value is -4.02. The van der Waals surface area contributed by atoms with Crippen LogP contribution in [0.1, 0.15) is 35.5 Å². The molecule has 1 saturated heterocycles. The quantitative estimate of drug-likeness (QED) is 0.744. The van der Waals surface area contributed by atoms with E-state index in [4.69, 9.17) is 4.99 Å². The number of aliphatic imine (C=N–C) groups is 1. The average Bonchev–Trinajstić information content (AvgIpc) is 3.26. The van der Waals surface area contributed by atoms with Crippen LogP contribution < -0.4 is 15.8 Å². The summed E-state index contributed by atoms with van der Waals surface area (Å²) in [6.07, 6.45) is 12.3. The van der Waals surface area contributed by atoms with Gasteiger partial charge in [0.15, 0.2) is 0 Å². The maximum Gasteiger partial charge on any atom is 0.269 e. The number of nitrogens with one attached hydrogen (secondary N) is 2. The lowest BCUT2D eigenvalue weighted by Crippen LogP contribution is -2.52. The number of benzene rings is 1. The summed E-state index contributed by atoms with van der Waals surface area (Å²) in [6, 6.07) is 14.1. The van der Waals surface area contributed by atoms with Gasteiger partial charge < -0.3 is 5.32 Å². The zero-order valence-electron chi connectivity index (χ0n) is 19.4. The molecule has 1 aromatic heterocycles. The van der Waals surface area contributed by atoms with Gasteiger partial charge in [0.2, 0.25) is 0 Å². The Morgan fingerprint density at radius 3 is 2.74 bits per heavy atom. The summed E-state index contributed by atoms with van der Waals surface area (Å²) < 4.78 is 0. The molecule has 34 heavy (non-hydrogen) atoms. The summed E-state index contributed by atoms with van der Waals surface area (Å²) in [5.41, 5.74) is 7.55. The maximum atomic E-state index is 11.8. The highest BCUT2D eigenvalue weighted by atomic mass is 16.1. The van der Waals surface area contributed by atoms with Crippen molar-refractivity contribution in [1.82, 2.24) is 15.7 Å². The van der Waals surface area contributed by atoms with Gasteiger partial charge in [0.05, 0.1) is 28.6 Å². The summed E-state index contributed by atoms with van der Waals surface area (Å²) in [5.74, 6) is 0.00414. The standard InChI is InChI=1S/C27H26N6O/c1-26(2,17-28)19-8-10-21(11-9-19)33-27-14-13-22(18-7-12-23(30-15-18)25(34)29-3)32-24(27)6-4-5-20(27)16-31-33/h4-15,20,31H,16H2,1-3H3,(H,29,34). The van der Waals surface area contributed by atoms with Crippen LogP contribution in [0, 0.1) is 17.2 Å². The van der Waals surface area contributed by atoms with Crippen LogP contribution in [-0.2, 0) is 5.41 Å². The number of rotatable bonds is 4. The second kappa shape index (κ2) is 8.08. The first-order valence-electron chi connectivity index (χ1n) is 11.3. The second-order valence-electron chi connectivity index (χ2n) is 9.19. The van der Waals surface area contributed by atoms with Crippen LogP contribution in [0.4, 0.5) is 5.69 Å². The van der Waals surface area contributed by atoms with Crippen LogP contribution >= 0.6 is 0 Å². The van der Waals surface area contributed by atoms with Crippen LogP contribution in [0.5, 0.6) is 0 Å². The minimum atomic E-state index is -0.540. The molecule has 7 nitrogen and oxygen atoms in total. The van der Waals surface area contributed by atoms with Gasteiger partial charge in [-0.05, 0) is 61.9 Å². The van der Waals surface area contributed by atoms with E-state index in [-0.39, 0.29) is 11.8 Å². The van der Waals surface area contributed by atoms with E-state index in [1.807, 2.05) is 38.1 Å². The Labute approximate surface area is 199 Å². The van der Waals surface area contributed by atoms with E-state index in [1.165, 1.54) is 0 Å². The molecular weight excluding hydrogens is 424 g/mol. The van der Waals surface area contributed by atoms with Crippen molar-refractivity contribution in [3.63, 3.8) is 0 Å². The molecule has 0 saturated carbocycles. The molecule has 7 heteroatoms. The van der Waals surface area contributed by atoms with Crippen molar-refractivity contribution in [3.05, 3.63) is 95.5 Å². The topological polar surface area (TPSA) is 93.4 Å². The largest absolute Gasteiger partial charge is 0.354 e. The molecule has 2 aromatic rings. The fraction of sp³-hybridized carbons (Fsp3) is 0.259. The number of aromatic nitrogens is 1. The van der Waals surface area contributed by atoms with Crippen molar-refractivity contribution in [2.45, 2.75) is 24.8 Å². The third-order valence-electron chi connectivity index (χ3n) is 6.79. The van der Waals surface area contributed by atoms with Gasteiger partial charge in [-0.25, -0.2) is 10.4 Å². The van der Waals surface area contributed by atoms with Crippen molar-refractivity contribution < 1.29 is 4.79 Å². The number of carbonyl (C=O) groups excluding carboxylic acids is 1. The number of allylic oxidation sites excluding steroid dienone is 3. The van der Waals surface area contributed by atoms with Gasteiger partial charge in [-0.3, -0.25) is 14.8 Å². The minimum absolute atomic E-state index is 0.216. The Bertz CT molecular complexity index is 1290. The van der Waals surface area contributed by atoms with Crippen molar-refractivity contribution in [2.75, 3.05) is 18.6 Å². The summed E-state index contributed by atoms with van der Waals surface area (Å²) in [4.78, 5) is 21.1. The summed E-state index contributed by atoms with van der Waals surface area (Å²) in [5, 5.41) is 14.2. The van der Waals surface area contributed by atoms with Crippen LogP contribution in [0.2, 0.25) is 0 Å². The van der Waals surface area contributed by atoms with Crippen molar-refractivity contribution >= 4 is 17.3 Å². The van der Waals surface area contributed by atoms with E-state index < -0.39 is 11.0 Å². The van der Waals surface area contributed by atoms with E-state index in [0.717, 1.165) is 34.8 Å². The predicted molar refractivity (Wildman–Crippen MR) is 132 cm³/mol. The van der Waals surface area contributed by atoms with E-state index >= 15 is 0 Å². The molecule has 0 radical (unpaired) electrons. The molecule has 1 amide bonds. The predicted octanol–water partition coefficient (Wildman–Crippen LogP) is 3.43. The molecule has 3 heterocycles. The maximum absolute atomic E-state index is 11.8. The van der Waals surface area contributed by atoms with Gasteiger partial charge in [0.1, 0.15) is 11.2 Å². The lowest BCUT2D eigenvalue weighted by atomic mass is 9.76. The highest BCUT2D eigenvalue weighted by Crippen LogP contribution is 2.45. The zero-order chi connectivity index (χ0) is 23.9. The number of hydrogen-bond acceptors (Lipinski definition) is 6. The van der Waals surface area contributed by atoms with E-state index in [0.29, 0.717) is 5.69 Å². The Balaban J connectivity index is 1.48. The van der Waals surface area contributed by atoms with Crippen LogP contribution in [0.15, 0.2) is 83.7 Å². The number of carbonyl (C=O) groups is 1. The molecule has 170 valence electrons. The zero-order valence-corrected chi connectivity index (χ0v) is 19.4. The van der Waals surface area contributed by atoms with E-state index in [2.05, 4.69) is 63.2 Å². The highest BCUT2D eigenvalue weighted by Gasteiger charge is 2.51. The first-order valence-corrected chi connectivity index (χ1v) is 11.3. The van der Waals surface area contributed by atoms with Crippen molar-refractivity contribution in [2.24, 2.45) is 10.9 Å². The van der Waals surface area contributed by atoms with Gasteiger partial charge in [-0.1, -0.05) is 24.3 Å². The molecule has 1 aromatic carbocycles. The molecule has 2 unspecified atom stereocenters. The molecule has 3 aliphatic rings. The molecule has 5 rings (SSSR count). The van der Waals surface area contributed by atoms with Crippen LogP contribution in [-0.4, -0.2) is 35.7 Å². The summed E-state index contributed by atoms with van der Waals surface area (Å²) in [6.45, 7) is 4.64. The SMILES string of the molecule is CNC(=O)c1ccc(C2=NC3=CC=CC4CNN(c5ccc(C(C)(C)C#N)cc5)C34C=C2)cn1. The van der Waals surface area contributed by atoms with Gasteiger partial charge in [-0.15, -0.1) is 0 Å². The smallest absolute Gasteiger partial charge is 0.269 e. The number of anilines is 1. The normalized spacial score (nSPS) is 22.9. The fourth-order valence-electron chi connectivity index (χ4n) is 4.72. The molecule has 2 aliphatic heterocycles. The van der Waals surface area contributed by atoms with Gasteiger partial charge >= 0.3 is 0 Å². The number of dihydropyridines is 1. The molecule has 1 fully saturated rings. The number of pyridine rings is 1. The van der Waals surface area contributed by atoms with Crippen molar-refractivity contribution in [3.8, 4) is 6.07 Å². The number of amides is 1. The Morgan fingerprint density at radius 1 is 1.26 bits per heavy atom. The average molecular weight is 451 g/mol. The van der Waals surface area contributed by atoms with Gasteiger partial charge in [0.25, 0.3) is 5.91 Å². The van der Waals surface area contributed by atoms with Gasteiger partial charge in [-0.2, -0.15) is 5.26 Å². The highest BCUT2D eigenvalue weighted by molar-refractivity contribution is 6.10. The third-order valence-corrected chi connectivity index (χ3v) is 6.79. The van der Waals surface area contributed by atoms with Crippen LogP contribution in [0.25, 0.3) is 0 Å². The molecular formula is C27H26N6O. The third kappa shape index (κ3) is 3.35. The second-order valence-corrected chi connectivity index (χ2v) is 9.19. The Morgan fingerprint density at radius 2 is 2.06 bits per heavy atom. The molecule has 2 N–H and O–H groups in total. The molecule has 1 aliphatic carbocycles. The van der Waals surface area contributed by atoms with E-state index in [9.17, 15) is 10.1 Å². The summed E-state index contributed by atoms with van der Waals surface area (Å²) in [7, 11) is 1.59. The van der Waals surface area contributed by atoms with Crippen molar-refractivity contribution in [1.29, 1.82) is 5.26 Å². The molecule has 0 bridgehead atoms.